The Hall–Kier alpha value is -0.870. The van der Waals surface area contributed by atoms with Gasteiger partial charge in [-0.1, -0.05) is 6.08 Å². The van der Waals surface area contributed by atoms with Crippen molar-refractivity contribution in [1.29, 1.82) is 0 Å². The van der Waals surface area contributed by atoms with E-state index in [4.69, 9.17) is 10.8 Å². The lowest BCUT2D eigenvalue weighted by Gasteiger charge is -2.17. The second-order valence-electron chi connectivity index (χ2n) is 2.48. The number of likely N-dealkylation sites (N-methyl/N-ethyl adjacent to an activating group) is 1. The van der Waals surface area contributed by atoms with E-state index in [1.54, 1.807) is 11.0 Å². The molecule has 0 radical (unpaired) electrons. The van der Waals surface area contributed by atoms with E-state index >= 15 is 0 Å². The van der Waals surface area contributed by atoms with Crippen LogP contribution in [-0.2, 0) is 4.79 Å². The van der Waals surface area contributed by atoms with Crippen LogP contribution in [0.15, 0.2) is 12.2 Å². The van der Waals surface area contributed by atoms with E-state index < -0.39 is 5.91 Å². The first-order chi connectivity index (χ1) is 5.07. The third kappa shape index (κ3) is 4.52. The maximum atomic E-state index is 10.3. The molecule has 4 nitrogen and oxygen atoms in total. The molecule has 0 fully saturated rings. The van der Waals surface area contributed by atoms with Gasteiger partial charge in [-0.25, -0.2) is 0 Å². The molecule has 1 amide bonds. The standard InChI is InChI=1S/C7H14N2O2/c1-9(2)6(5-10)3-4-7(8)11/h3-4,6,10H,5H2,1-2H3,(H2,8,11). The zero-order chi connectivity index (χ0) is 8.85. The highest BCUT2D eigenvalue weighted by Crippen LogP contribution is 1.92. The maximum Gasteiger partial charge on any atom is 0.241 e. The van der Waals surface area contributed by atoms with Crippen molar-refractivity contribution in [2.75, 3.05) is 20.7 Å². The van der Waals surface area contributed by atoms with Crippen LogP contribution in [0.5, 0.6) is 0 Å². The molecule has 0 saturated heterocycles. The Morgan fingerprint density at radius 1 is 1.73 bits per heavy atom. The number of nitrogens with zero attached hydrogens (tertiary/aromatic N) is 1. The summed E-state index contributed by atoms with van der Waals surface area (Å²) >= 11 is 0. The fourth-order valence-electron chi connectivity index (χ4n) is 0.602. The van der Waals surface area contributed by atoms with Crippen LogP contribution in [0.25, 0.3) is 0 Å². The number of carbonyl (C=O) groups is 1. The summed E-state index contributed by atoms with van der Waals surface area (Å²) in [5, 5.41) is 8.76. The predicted molar refractivity (Wildman–Crippen MR) is 42.9 cm³/mol. The van der Waals surface area contributed by atoms with E-state index in [1.807, 2.05) is 14.1 Å². The van der Waals surface area contributed by atoms with Gasteiger partial charge in [0.25, 0.3) is 0 Å². The minimum atomic E-state index is -0.495. The molecule has 0 aromatic heterocycles. The lowest BCUT2D eigenvalue weighted by Crippen LogP contribution is -2.29. The average molecular weight is 158 g/mol. The van der Waals surface area contributed by atoms with Crippen LogP contribution in [-0.4, -0.2) is 42.7 Å². The number of rotatable bonds is 4. The first-order valence-electron chi connectivity index (χ1n) is 3.33. The van der Waals surface area contributed by atoms with Gasteiger partial charge >= 0.3 is 0 Å². The summed E-state index contributed by atoms with van der Waals surface area (Å²) in [6.45, 7) is -0.0171. The van der Waals surface area contributed by atoms with E-state index in [0.717, 1.165) is 0 Å². The summed E-state index contributed by atoms with van der Waals surface area (Å²) in [6.07, 6.45) is 2.82. The van der Waals surface area contributed by atoms with E-state index in [2.05, 4.69) is 0 Å². The molecule has 0 heterocycles. The molecule has 0 aromatic carbocycles. The van der Waals surface area contributed by atoms with Crippen molar-refractivity contribution in [1.82, 2.24) is 4.90 Å². The summed E-state index contributed by atoms with van der Waals surface area (Å²) in [5.74, 6) is -0.495. The fraction of sp³-hybridized carbons (Fsp3) is 0.571. The minimum Gasteiger partial charge on any atom is -0.394 e. The van der Waals surface area contributed by atoms with Crippen LogP contribution in [0.2, 0.25) is 0 Å². The Morgan fingerprint density at radius 3 is 2.55 bits per heavy atom. The first kappa shape index (κ1) is 10.1. The lowest BCUT2D eigenvalue weighted by molar-refractivity contribution is -0.113. The number of hydrogen-bond acceptors (Lipinski definition) is 3. The van der Waals surface area contributed by atoms with Gasteiger partial charge in [0.1, 0.15) is 0 Å². The summed E-state index contributed by atoms with van der Waals surface area (Å²) in [7, 11) is 3.62. The van der Waals surface area contributed by atoms with Crippen LogP contribution in [0.3, 0.4) is 0 Å². The number of carbonyl (C=O) groups excluding carboxylic acids is 1. The average Bonchev–Trinajstić information content (AvgIpc) is 1.87. The van der Waals surface area contributed by atoms with Crippen molar-refractivity contribution < 1.29 is 9.90 Å². The van der Waals surface area contributed by atoms with Crippen LogP contribution < -0.4 is 5.73 Å². The van der Waals surface area contributed by atoms with E-state index in [9.17, 15) is 4.79 Å². The van der Waals surface area contributed by atoms with Crippen molar-refractivity contribution in [3.63, 3.8) is 0 Å². The Balaban J connectivity index is 3.97. The molecule has 0 aromatic rings. The van der Waals surface area contributed by atoms with Crippen molar-refractivity contribution in [3.8, 4) is 0 Å². The van der Waals surface area contributed by atoms with Gasteiger partial charge in [-0.15, -0.1) is 0 Å². The van der Waals surface area contributed by atoms with Gasteiger partial charge in [-0.2, -0.15) is 0 Å². The second-order valence-corrected chi connectivity index (χ2v) is 2.48. The molecule has 0 rings (SSSR count). The maximum absolute atomic E-state index is 10.3. The normalized spacial score (nSPS) is 14.2. The molecule has 0 aliphatic heterocycles. The molecule has 3 N–H and O–H groups in total. The number of aliphatic hydroxyl groups excluding tert-OH is 1. The monoisotopic (exact) mass is 158 g/mol. The van der Waals surface area contributed by atoms with Gasteiger partial charge in [0, 0.05) is 6.08 Å². The van der Waals surface area contributed by atoms with Gasteiger partial charge in [0.15, 0.2) is 0 Å². The second kappa shape index (κ2) is 4.87. The topological polar surface area (TPSA) is 66.6 Å². The highest BCUT2D eigenvalue weighted by molar-refractivity contribution is 5.85. The van der Waals surface area contributed by atoms with Gasteiger partial charge in [-0.3, -0.25) is 4.79 Å². The molecule has 0 spiro atoms. The molecular formula is C7H14N2O2. The largest absolute Gasteiger partial charge is 0.394 e. The quantitative estimate of drug-likeness (QED) is 0.513. The number of primary amides is 1. The van der Waals surface area contributed by atoms with Gasteiger partial charge in [0.2, 0.25) is 5.91 Å². The van der Waals surface area contributed by atoms with Gasteiger partial charge in [-0.05, 0) is 14.1 Å². The van der Waals surface area contributed by atoms with Crippen molar-refractivity contribution in [3.05, 3.63) is 12.2 Å². The molecule has 0 aliphatic rings. The minimum absolute atomic E-state index is 0.0171. The molecule has 1 unspecified atom stereocenters. The third-order valence-corrected chi connectivity index (χ3v) is 1.33. The van der Waals surface area contributed by atoms with Crippen molar-refractivity contribution in [2.45, 2.75) is 6.04 Å². The molecule has 64 valence electrons. The number of hydrogen-bond donors (Lipinski definition) is 2. The summed E-state index contributed by atoms with van der Waals surface area (Å²) in [6, 6.07) is -0.137. The number of aliphatic hydroxyl groups is 1. The number of nitrogens with two attached hydrogens (primary N) is 1. The van der Waals surface area contributed by atoms with Crippen LogP contribution >= 0.6 is 0 Å². The Bertz CT molecular complexity index is 155. The van der Waals surface area contributed by atoms with E-state index in [-0.39, 0.29) is 12.6 Å². The molecule has 0 bridgehead atoms. The lowest BCUT2D eigenvalue weighted by atomic mass is 10.2. The van der Waals surface area contributed by atoms with Crippen LogP contribution in [0.1, 0.15) is 0 Å². The third-order valence-electron chi connectivity index (χ3n) is 1.33. The molecule has 0 saturated carbocycles. The molecule has 0 aliphatic carbocycles. The number of amides is 1. The molecular weight excluding hydrogens is 144 g/mol. The highest BCUT2D eigenvalue weighted by Gasteiger charge is 2.04. The molecule has 4 heteroatoms. The molecule has 1 atom stereocenters. The van der Waals surface area contributed by atoms with E-state index in [1.165, 1.54) is 6.08 Å². The van der Waals surface area contributed by atoms with E-state index in [0.29, 0.717) is 0 Å². The summed E-state index contributed by atoms with van der Waals surface area (Å²) in [5.41, 5.74) is 4.87. The molecule has 11 heavy (non-hydrogen) atoms. The summed E-state index contributed by atoms with van der Waals surface area (Å²) < 4.78 is 0. The fourth-order valence-corrected chi connectivity index (χ4v) is 0.602. The smallest absolute Gasteiger partial charge is 0.241 e. The Kier molecular flexibility index (Phi) is 4.49. The van der Waals surface area contributed by atoms with Gasteiger partial charge in [0.05, 0.1) is 12.6 Å². The zero-order valence-corrected chi connectivity index (χ0v) is 6.82. The first-order valence-corrected chi connectivity index (χ1v) is 3.33. The SMILES string of the molecule is CN(C)C(C=CC(N)=O)CO. The Labute approximate surface area is 66.3 Å². The predicted octanol–water partition coefficient (Wildman–Crippen LogP) is -1.05. The van der Waals surface area contributed by atoms with Gasteiger partial charge < -0.3 is 15.7 Å². The van der Waals surface area contributed by atoms with Crippen molar-refractivity contribution in [2.24, 2.45) is 5.73 Å². The highest BCUT2D eigenvalue weighted by atomic mass is 16.3. The summed E-state index contributed by atoms with van der Waals surface area (Å²) in [4.78, 5) is 12.1. The Morgan fingerprint density at radius 2 is 2.27 bits per heavy atom. The van der Waals surface area contributed by atoms with Crippen molar-refractivity contribution >= 4 is 5.91 Å². The zero-order valence-electron chi connectivity index (χ0n) is 6.82. The van der Waals surface area contributed by atoms with Crippen LogP contribution in [0.4, 0.5) is 0 Å². The van der Waals surface area contributed by atoms with Crippen LogP contribution in [0, 0.1) is 0 Å².